The summed E-state index contributed by atoms with van der Waals surface area (Å²) >= 11 is 0. The molecule has 0 radical (unpaired) electrons. The van der Waals surface area contributed by atoms with Crippen LogP contribution >= 0.6 is 0 Å². The molecule has 4 rings (SSSR count). The number of benzene rings is 2. The Morgan fingerprint density at radius 1 is 0.973 bits per heavy atom. The fraction of sp³-hybridized carbons (Fsp3) is 0.500. The number of carbonyl (C=O) groups is 1. The van der Waals surface area contributed by atoms with Crippen molar-refractivity contribution in [3.05, 3.63) is 70.3 Å². The van der Waals surface area contributed by atoms with Crippen molar-refractivity contribution < 1.29 is 29.6 Å². The van der Waals surface area contributed by atoms with Crippen molar-refractivity contribution in [2.24, 2.45) is 5.73 Å². The Morgan fingerprint density at radius 2 is 1.59 bits per heavy atom. The first-order valence-corrected chi connectivity index (χ1v) is 12.8. The molecule has 1 heterocycles. The van der Waals surface area contributed by atoms with Gasteiger partial charge in [-0.3, -0.25) is 4.79 Å². The van der Waals surface area contributed by atoms with Gasteiger partial charge in [-0.15, -0.1) is 0 Å². The van der Waals surface area contributed by atoms with Gasteiger partial charge >= 0.3 is 0 Å². The van der Waals surface area contributed by atoms with Gasteiger partial charge in [0.15, 0.2) is 12.4 Å². The number of aliphatic hydroxyl groups is 3. The summed E-state index contributed by atoms with van der Waals surface area (Å²) < 4.78 is 10.9. The molecular weight excluding hydrogens is 470 g/mol. The number of hydrogen-bond acceptors (Lipinski definition) is 6. The third kappa shape index (κ3) is 5.66. The van der Waals surface area contributed by atoms with Crippen LogP contribution < -0.4 is 5.73 Å². The Balaban J connectivity index is 1.45. The number of ether oxygens (including phenoxy) is 2. The van der Waals surface area contributed by atoms with E-state index in [1.54, 1.807) is 0 Å². The molecule has 0 unspecified atom stereocenters. The molecule has 1 amide bonds. The number of carbonyl (C=O) groups excluding carboxylic acids is 1. The lowest BCUT2D eigenvalue weighted by molar-refractivity contribution is -0.293. The Kier molecular flexibility index (Phi) is 7.66. The van der Waals surface area contributed by atoms with E-state index >= 15 is 0 Å². The predicted molar refractivity (Wildman–Crippen MR) is 142 cm³/mol. The molecule has 7 heteroatoms. The van der Waals surface area contributed by atoms with Crippen molar-refractivity contribution in [3.63, 3.8) is 0 Å². The van der Waals surface area contributed by atoms with E-state index in [-0.39, 0.29) is 17.4 Å². The van der Waals surface area contributed by atoms with E-state index in [4.69, 9.17) is 15.2 Å². The first-order valence-electron chi connectivity index (χ1n) is 12.8. The average molecular weight is 510 g/mol. The van der Waals surface area contributed by atoms with Gasteiger partial charge in [0.2, 0.25) is 5.91 Å². The molecule has 1 fully saturated rings. The Labute approximate surface area is 218 Å². The van der Waals surface area contributed by atoms with Crippen LogP contribution in [-0.2, 0) is 31.7 Å². The third-order valence-corrected chi connectivity index (χ3v) is 7.94. The van der Waals surface area contributed by atoms with Crippen LogP contribution in [0.5, 0.6) is 0 Å². The number of fused-ring (bicyclic) bond motifs is 1. The van der Waals surface area contributed by atoms with E-state index in [9.17, 15) is 20.1 Å². The van der Waals surface area contributed by atoms with E-state index < -0.39 is 36.6 Å². The maximum absolute atomic E-state index is 11.5. The van der Waals surface area contributed by atoms with Crippen molar-refractivity contribution in [1.82, 2.24) is 0 Å². The van der Waals surface area contributed by atoms with Gasteiger partial charge in [-0.05, 0) is 64.0 Å². The summed E-state index contributed by atoms with van der Waals surface area (Å²) in [5.41, 5.74) is 12.7. The van der Waals surface area contributed by atoms with Gasteiger partial charge in [0.05, 0.1) is 6.61 Å². The molecule has 2 aromatic carbocycles. The Morgan fingerprint density at radius 3 is 2.22 bits per heavy atom. The minimum Gasteiger partial charge on any atom is -0.387 e. The van der Waals surface area contributed by atoms with E-state index in [1.165, 1.54) is 35.1 Å². The lowest BCUT2D eigenvalue weighted by Gasteiger charge is -2.42. The zero-order valence-corrected chi connectivity index (χ0v) is 22.3. The monoisotopic (exact) mass is 509 g/mol. The van der Waals surface area contributed by atoms with Gasteiger partial charge in [-0.25, -0.2) is 0 Å². The first kappa shape index (κ1) is 27.5. The number of nitrogens with two attached hydrogens (primary N) is 1. The van der Waals surface area contributed by atoms with E-state index in [1.807, 2.05) is 24.3 Å². The molecule has 5 N–H and O–H groups in total. The van der Waals surface area contributed by atoms with Gasteiger partial charge in [-0.1, -0.05) is 76.2 Å². The second-order valence-electron chi connectivity index (χ2n) is 11.7. The highest BCUT2D eigenvalue weighted by Gasteiger charge is 2.46. The van der Waals surface area contributed by atoms with Crippen molar-refractivity contribution in [2.45, 2.75) is 95.6 Å². The molecule has 2 aliphatic rings. The number of hydrogen-bond donors (Lipinski definition) is 4. The molecular formula is C30H39NO6. The first-order chi connectivity index (χ1) is 17.3. The highest BCUT2D eigenvalue weighted by molar-refractivity contribution is 5.81. The van der Waals surface area contributed by atoms with Gasteiger partial charge in [-0.2, -0.15) is 0 Å². The van der Waals surface area contributed by atoms with Crippen LogP contribution in [0.25, 0.3) is 11.6 Å². The molecule has 200 valence electrons. The zero-order chi connectivity index (χ0) is 27.1. The van der Waals surface area contributed by atoms with E-state index in [0.29, 0.717) is 0 Å². The molecule has 0 spiro atoms. The summed E-state index contributed by atoms with van der Waals surface area (Å²) in [6, 6.07) is 14.6. The second-order valence-corrected chi connectivity index (χ2v) is 11.7. The SMILES string of the molecule is CC(=Cc1ccc(CO[C@@H]2O[C@H](C(N)=O)[C@@H](O)[C@H](O)[C@H]2O)cc1)c1ccc2c(c1)C(C)(C)CCC2(C)C. The summed E-state index contributed by atoms with van der Waals surface area (Å²) in [4.78, 5) is 11.5. The second kappa shape index (κ2) is 10.3. The molecule has 0 aromatic heterocycles. The minimum atomic E-state index is -1.62. The van der Waals surface area contributed by atoms with Crippen LogP contribution in [0.4, 0.5) is 0 Å². The van der Waals surface area contributed by atoms with Gasteiger partial charge in [0, 0.05) is 0 Å². The summed E-state index contributed by atoms with van der Waals surface area (Å²) in [5.74, 6) is -0.940. The molecule has 5 atom stereocenters. The molecule has 7 nitrogen and oxygen atoms in total. The standard InChI is InChI=1S/C30H39NO6/c1-17(20-10-11-21-22(15-20)30(4,5)13-12-29(21,2)3)14-18-6-8-19(9-7-18)16-36-28-25(34)23(32)24(33)26(37-28)27(31)35/h6-11,14-15,23-26,28,32-34H,12-13,16H2,1-5H3,(H2,31,35)/t23-,24-,25+,26-,28+/m0/s1. The summed E-state index contributed by atoms with van der Waals surface area (Å²) in [7, 11) is 0. The van der Waals surface area contributed by atoms with Crippen LogP contribution in [0, 0.1) is 0 Å². The summed E-state index contributed by atoms with van der Waals surface area (Å²) in [6.45, 7) is 11.5. The maximum Gasteiger partial charge on any atom is 0.249 e. The molecule has 37 heavy (non-hydrogen) atoms. The van der Waals surface area contributed by atoms with Crippen LogP contribution in [0.3, 0.4) is 0 Å². The van der Waals surface area contributed by atoms with Gasteiger partial charge in [0.1, 0.15) is 18.3 Å². The normalized spacial score (nSPS) is 29.0. The average Bonchev–Trinajstić information content (AvgIpc) is 2.85. The highest BCUT2D eigenvalue weighted by atomic mass is 16.7. The zero-order valence-electron chi connectivity index (χ0n) is 22.3. The Bertz CT molecular complexity index is 1170. The van der Waals surface area contributed by atoms with Crippen molar-refractivity contribution in [1.29, 1.82) is 0 Å². The molecule has 1 aliphatic carbocycles. The Hall–Kier alpha value is -2.55. The number of rotatable bonds is 6. The molecule has 2 aromatic rings. The minimum absolute atomic E-state index is 0.0781. The number of amides is 1. The molecule has 0 saturated carbocycles. The smallest absolute Gasteiger partial charge is 0.249 e. The van der Waals surface area contributed by atoms with Crippen molar-refractivity contribution in [2.75, 3.05) is 0 Å². The lowest BCUT2D eigenvalue weighted by Crippen LogP contribution is -2.61. The largest absolute Gasteiger partial charge is 0.387 e. The van der Waals surface area contributed by atoms with Crippen LogP contribution in [0.1, 0.15) is 75.3 Å². The summed E-state index contributed by atoms with van der Waals surface area (Å²) in [5, 5.41) is 30.0. The third-order valence-electron chi connectivity index (χ3n) is 7.94. The van der Waals surface area contributed by atoms with Crippen LogP contribution in [-0.4, -0.2) is 51.9 Å². The quantitative estimate of drug-likeness (QED) is 0.443. The highest BCUT2D eigenvalue weighted by Crippen LogP contribution is 2.46. The van der Waals surface area contributed by atoms with Gasteiger partial charge < -0.3 is 30.5 Å². The molecule has 0 bridgehead atoms. The maximum atomic E-state index is 11.5. The number of aliphatic hydroxyl groups excluding tert-OH is 3. The fourth-order valence-corrected chi connectivity index (χ4v) is 5.28. The molecule has 1 aliphatic heterocycles. The fourth-order valence-electron chi connectivity index (χ4n) is 5.28. The van der Waals surface area contributed by atoms with E-state index in [0.717, 1.165) is 11.1 Å². The number of allylic oxidation sites excluding steroid dienone is 1. The predicted octanol–water partition coefficient (Wildman–Crippen LogP) is 3.41. The topological polar surface area (TPSA) is 122 Å². The lowest BCUT2D eigenvalue weighted by atomic mass is 9.63. The summed E-state index contributed by atoms with van der Waals surface area (Å²) in [6.07, 6.45) is -2.97. The van der Waals surface area contributed by atoms with Crippen LogP contribution in [0.15, 0.2) is 42.5 Å². The van der Waals surface area contributed by atoms with E-state index in [2.05, 4.69) is 58.9 Å². The van der Waals surface area contributed by atoms with Crippen molar-refractivity contribution in [3.8, 4) is 0 Å². The van der Waals surface area contributed by atoms with Crippen LogP contribution in [0.2, 0.25) is 0 Å². The molecule has 1 saturated heterocycles. The van der Waals surface area contributed by atoms with Crippen molar-refractivity contribution >= 4 is 17.6 Å². The van der Waals surface area contributed by atoms with Gasteiger partial charge in [0.25, 0.3) is 0 Å². The number of primary amides is 1.